The van der Waals surface area contributed by atoms with Gasteiger partial charge in [0, 0.05) is 25.3 Å². The lowest BCUT2D eigenvalue weighted by atomic mass is 10.1. The number of hydrogen-bond donors (Lipinski definition) is 2. The Hall–Kier alpha value is -2.24. The first kappa shape index (κ1) is 15.2. The fourth-order valence-electron chi connectivity index (χ4n) is 2.47. The van der Waals surface area contributed by atoms with E-state index in [0.29, 0.717) is 18.7 Å². The van der Waals surface area contributed by atoms with Gasteiger partial charge in [0.2, 0.25) is 0 Å². The number of carbonyl (C=O) groups is 2. The molecule has 2 amide bonds. The van der Waals surface area contributed by atoms with E-state index in [-0.39, 0.29) is 11.9 Å². The molecule has 2 N–H and O–H groups in total. The molecule has 0 bridgehead atoms. The van der Waals surface area contributed by atoms with E-state index in [1.54, 1.807) is 4.90 Å². The lowest BCUT2D eigenvalue weighted by Crippen LogP contribution is -2.38. The SMILES string of the molecule is CCNc1ccccc1C(=O)N1CCC(NC(=O)OC)C1. The zero-order valence-corrected chi connectivity index (χ0v) is 12.4. The van der Waals surface area contributed by atoms with E-state index in [0.717, 1.165) is 18.7 Å². The van der Waals surface area contributed by atoms with Crippen LogP contribution in [-0.2, 0) is 4.74 Å². The van der Waals surface area contributed by atoms with Crippen LogP contribution in [0.2, 0.25) is 0 Å². The summed E-state index contributed by atoms with van der Waals surface area (Å²) in [6, 6.07) is 7.43. The number of alkyl carbamates (subject to hydrolysis) is 1. The largest absolute Gasteiger partial charge is 0.453 e. The van der Waals surface area contributed by atoms with Crippen molar-refractivity contribution in [3.05, 3.63) is 29.8 Å². The van der Waals surface area contributed by atoms with Crippen molar-refractivity contribution >= 4 is 17.7 Å². The average Bonchev–Trinajstić information content (AvgIpc) is 2.96. The van der Waals surface area contributed by atoms with Gasteiger partial charge in [0.15, 0.2) is 0 Å². The molecule has 1 aliphatic rings. The normalized spacial score (nSPS) is 17.4. The van der Waals surface area contributed by atoms with Gasteiger partial charge in [-0.05, 0) is 25.5 Å². The molecule has 1 unspecified atom stereocenters. The van der Waals surface area contributed by atoms with Crippen molar-refractivity contribution in [2.75, 3.05) is 32.1 Å². The van der Waals surface area contributed by atoms with Crippen molar-refractivity contribution in [2.45, 2.75) is 19.4 Å². The highest BCUT2D eigenvalue weighted by Crippen LogP contribution is 2.20. The Morgan fingerprint density at radius 2 is 2.14 bits per heavy atom. The second-order valence-electron chi connectivity index (χ2n) is 4.95. The van der Waals surface area contributed by atoms with Crippen LogP contribution in [0.25, 0.3) is 0 Å². The van der Waals surface area contributed by atoms with Crippen LogP contribution in [0.4, 0.5) is 10.5 Å². The number of ether oxygens (including phenoxy) is 1. The molecule has 1 fully saturated rings. The number of nitrogens with zero attached hydrogens (tertiary/aromatic N) is 1. The molecular weight excluding hydrogens is 270 g/mol. The first-order valence-corrected chi connectivity index (χ1v) is 7.12. The highest BCUT2D eigenvalue weighted by atomic mass is 16.5. The smallest absolute Gasteiger partial charge is 0.407 e. The standard InChI is InChI=1S/C15H21N3O3/c1-3-16-13-7-5-4-6-12(13)14(19)18-9-8-11(10-18)17-15(20)21-2/h4-7,11,16H,3,8-10H2,1-2H3,(H,17,20). The summed E-state index contributed by atoms with van der Waals surface area (Å²) in [5.41, 5.74) is 1.51. The van der Waals surface area contributed by atoms with Gasteiger partial charge in [-0.2, -0.15) is 0 Å². The number of para-hydroxylation sites is 1. The maximum absolute atomic E-state index is 12.6. The van der Waals surface area contributed by atoms with Crippen LogP contribution in [0.1, 0.15) is 23.7 Å². The van der Waals surface area contributed by atoms with E-state index in [4.69, 9.17) is 0 Å². The number of carbonyl (C=O) groups excluding carboxylic acids is 2. The lowest BCUT2D eigenvalue weighted by Gasteiger charge is -2.19. The molecule has 1 heterocycles. The molecule has 2 rings (SSSR count). The molecule has 1 atom stereocenters. The molecule has 6 nitrogen and oxygen atoms in total. The third kappa shape index (κ3) is 3.65. The van der Waals surface area contributed by atoms with Gasteiger partial charge in [0.1, 0.15) is 0 Å². The zero-order chi connectivity index (χ0) is 15.2. The summed E-state index contributed by atoms with van der Waals surface area (Å²) >= 11 is 0. The molecule has 114 valence electrons. The molecule has 0 aliphatic carbocycles. The molecule has 6 heteroatoms. The topological polar surface area (TPSA) is 70.7 Å². The van der Waals surface area contributed by atoms with Crippen molar-refractivity contribution in [1.82, 2.24) is 10.2 Å². The summed E-state index contributed by atoms with van der Waals surface area (Å²) in [5, 5.41) is 5.93. The van der Waals surface area contributed by atoms with E-state index in [9.17, 15) is 9.59 Å². The summed E-state index contributed by atoms with van der Waals surface area (Å²) in [5.74, 6) is -0.0132. The second-order valence-corrected chi connectivity index (χ2v) is 4.95. The van der Waals surface area contributed by atoms with Crippen LogP contribution in [0.3, 0.4) is 0 Å². The highest BCUT2D eigenvalue weighted by Gasteiger charge is 2.29. The van der Waals surface area contributed by atoms with E-state index in [1.165, 1.54) is 7.11 Å². The van der Waals surface area contributed by atoms with E-state index >= 15 is 0 Å². The van der Waals surface area contributed by atoms with Crippen LogP contribution < -0.4 is 10.6 Å². The molecular formula is C15H21N3O3. The zero-order valence-electron chi connectivity index (χ0n) is 12.4. The molecule has 0 saturated carbocycles. The Bertz CT molecular complexity index is 519. The molecule has 1 saturated heterocycles. The number of rotatable bonds is 4. The lowest BCUT2D eigenvalue weighted by molar-refractivity contribution is 0.0789. The predicted molar refractivity (Wildman–Crippen MR) is 80.5 cm³/mol. The van der Waals surface area contributed by atoms with Gasteiger partial charge in [-0.1, -0.05) is 12.1 Å². The fourth-order valence-corrected chi connectivity index (χ4v) is 2.47. The van der Waals surface area contributed by atoms with Crippen LogP contribution in [0.5, 0.6) is 0 Å². The van der Waals surface area contributed by atoms with Crippen molar-refractivity contribution in [1.29, 1.82) is 0 Å². The first-order valence-electron chi connectivity index (χ1n) is 7.12. The van der Waals surface area contributed by atoms with Crippen LogP contribution >= 0.6 is 0 Å². The van der Waals surface area contributed by atoms with Gasteiger partial charge in [-0.15, -0.1) is 0 Å². The highest BCUT2D eigenvalue weighted by molar-refractivity contribution is 5.99. The molecule has 0 spiro atoms. The maximum atomic E-state index is 12.6. The Morgan fingerprint density at radius 3 is 2.86 bits per heavy atom. The average molecular weight is 291 g/mol. The Kier molecular flexibility index (Phi) is 5.03. The van der Waals surface area contributed by atoms with E-state index < -0.39 is 6.09 Å². The molecule has 0 radical (unpaired) electrons. The van der Waals surface area contributed by atoms with Gasteiger partial charge in [0.25, 0.3) is 5.91 Å². The first-order chi connectivity index (χ1) is 10.2. The molecule has 1 aromatic carbocycles. The quantitative estimate of drug-likeness (QED) is 0.885. The summed E-state index contributed by atoms with van der Waals surface area (Å²) < 4.78 is 4.58. The van der Waals surface area contributed by atoms with Gasteiger partial charge >= 0.3 is 6.09 Å². The second kappa shape index (κ2) is 6.97. The van der Waals surface area contributed by atoms with Gasteiger partial charge in [-0.25, -0.2) is 4.79 Å². The van der Waals surface area contributed by atoms with Gasteiger partial charge < -0.3 is 20.3 Å². The predicted octanol–water partition coefficient (Wildman–Crippen LogP) is 1.69. The minimum absolute atomic E-state index is 0.0132. The number of benzene rings is 1. The Labute approximate surface area is 124 Å². The van der Waals surface area contributed by atoms with E-state index in [1.807, 2.05) is 31.2 Å². The molecule has 21 heavy (non-hydrogen) atoms. The van der Waals surface area contributed by atoms with Crippen molar-refractivity contribution in [3.63, 3.8) is 0 Å². The van der Waals surface area contributed by atoms with Gasteiger partial charge in [0.05, 0.1) is 18.7 Å². The van der Waals surface area contributed by atoms with Gasteiger partial charge in [-0.3, -0.25) is 4.79 Å². The third-order valence-electron chi connectivity index (χ3n) is 3.51. The summed E-state index contributed by atoms with van der Waals surface area (Å²) in [6.45, 7) is 3.90. The number of methoxy groups -OCH3 is 1. The van der Waals surface area contributed by atoms with E-state index in [2.05, 4.69) is 15.4 Å². The number of likely N-dealkylation sites (tertiary alicyclic amines) is 1. The maximum Gasteiger partial charge on any atom is 0.407 e. The molecule has 0 aromatic heterocycles. The minimum atomic E-state index is -0.456. The Morgan fingerprint density at radius 1 is 1.38 bits per heavy atom. The summed E-state index contributed by atoms with van der Waals surface area (Å²) in [6.07, 6.45) is 0.284. The number of anilines is 1. The third-order valence-corrected chi connectivity index (χ3v) is 3.51. The Balaban J connectivity index is 2.03. The number of amides is 2. The van der Waals surface area contributed by atoms with Crippen LogP contribution in [0.15, 0.2) is 24.3 Å². The van der Waals surface area contributed by atoms with Crippen molar-refractivity contribution < 1.29 is 14.3 Å². The molecule has 1 aromatic rings. The minimum Gasteiger partial charge on any atom is -0.453 e. The summed E-state index contributed by atoms with van der Waals surface area (Å²) in [7, 11) is 1.33. The number of hydrogen-bond acceptors (Lipinski definition) is 4. The van der Waals surface area contributed by atoms with Crippen molar-refractivity contribution in [3.8, 4) is 0 Å². The number of nitrogens with one attached hydrogen (secondary N) is 2. The van der Waals surface area contributed by atoms with Crippen LogP contribution in [0, 0.1) is 0 Å². The van der Waals surface area contributed by atoms with Crippen molar-refractivity contribution in [2.24, 2.45) is 0 Å². The van der Waals surface area contributed by atoms with Crippen LogP contribution in [-0.4, -0.2) is 49.7 Å². The fraction of sp³-hybridized carbons (Fsp3) is 0.467. The molecule has 1 aliphatic heterocycles. The monoisotopic (exact) mass is 291 g/mol. The summed E-state index contributed by atoms with van der Waals surface area (Å²) in [4.78, 5) is 25.6.